The summed E-state index contributed by atoms with van der Waals surface area (Å²) in [5.41, 5.74) is 3.79. The lowest BCUT2D eigenvalue weighted by Crippen LogP contribution is -2.62. The SMILES string of the molecule is CCC[C@@H](CC(=O)N1CC(CC)(C(=O)O)C1)NC(=O)OCC1c2ccccc2-c2ccccc21. The van der Waals surface area contributed by atoms with Crippen molar-refractivity contribution in [2.75, 3.05) is 19.7 Å². The van der Waals surface area contributed by atoms with Crippen LogP contribution in [0.3, 0.4) is 0 Å². The number of carbonyl (C=O) groups is 3. The summed E-state index contributed by atoms with van der Waals surface area (Å²) in [6.07, 6.45) is 1.53. The predicted octanol–water partition coefficient (Wildman–Crippen LogP) is 4.41. The van der Waals surface area contributed by atoms with Crippen molar-refractivity contribution in [1.82, 2.24) is 10.2 Å². The first-order valence-electron chi connectivity index (χ1n) is 12.0. The van der Waals surface area contributed by atoms with Crippen LogP contribution >= 0.6 is 0 Å². The molecule has 1 atom stereocenters. The summed E-state index contributed by atoms with van der Waals surface area (Å²) in [5, 5.41) is 12.3. The second-order valence-corrected chi connectivity index (χ2v) is 9.35. The van der Waals surface area contributed by atoms with E-state index in [4.69, 9.17) is 4.74 Å². The molecular formula is C27H32N2O5. The number of rotatable bonds is 9. The van der Waals surface area contributed by atoms with Crippen molar-refractivity contribution in [2.45, 2.75) is 51.5 Å². The highest BCUT2D eigenvalue weighted by atomic mass is 16.5. The fourth-order valence-electron chi connectivity index (χ4n) is 5.09. The van der Waals surface area contributed by atoms with Crippen LogP contribution < -0.4 is 5.32 Å². The minimum atomic E-state index is -0.860. The van der Waals surface area contributed by atoms with E-state index in [1.165, 1.54) is 11.1 Å². The number of amides is 2. The minimum Gasteiger partial charge on any atom is -0.481 e. The van der Waals surface area contributed by atoms with Crippen LogP contribution in [0, 0.1) is 5.41 Å². The standard InChI is InChI=1S/C27H32N2O5/c1-3-9-18(14-24(30)29-16-27(4-2,17-29)25(31)32)28-26(33)34-15-23-21-12-7-5-10-19(21)20-11-6-8-13-22(20)23/h5-8,10-13,18,23H,3-4,9,14-17H2,1-2H3,(H,28,33)(H,31,32)/t18-/m0/s1. The summed E-state index contributed by atoms with van der Waals surface area (Å²) < 4.78 is 5.63. The monoisotopic (exact) mass is 464 g/mol. The van der Waals surface area contributed by atoms with Gasteiger partial charge in [-0.15, -0.1) is 0 Å². The molecule has 1 heterocycles. The molecule has 1 saturated heterocycles. The fraction of sp³-hybridized carbons (Fsp3) is 0.444. The lowest BCUT2D eigenvalue weighted by atomic mass is 9.77. The molecule has 34 heavy (non-hydrogen) atoms. The third kappa shape index (κ3) is 4.52. The van der Waals surface area contributed by atoms with E-state index >= 15 is 0 Å². The molecule has 1 aliphatic carbocycles. The van der Waals surface area contributed by atoms with Crippen molar-refractivity contribution in [3.05, 3.63) is 59.7 Å². The number of carboxylic acids is 1. The highest BCUT2D eigenvalue weighted by Crippen LogP contribution is 2.44. The Bertz CT molecular complexity index is 1030. The van der Waals surface area contributed by atoms with Crippen molar-refractivity contribution in [3.63, 3.8) is 0 Å². The first kappa shape index (κ1) is 23.8. The van der Waals surface area contributed by atoms with Crippen LogP contribution in [0.15, 0.2) is 48.5 Å². The van der Waals surface area contributed by atoms with Gasteiger partial charge in [-0.25, -0.2) is 4.79 Å². The third-order valence-corrected chi connectivity index (χ3v) is 7.19. The van der Waals surface area contributed by atoms with Crippen LogP contribution in [0.5, 0.6) is 0 Å². The van der Waals surface area contributed by atoms with Gasteiger partial charge in [0.1, 0.15) is 12.0 Å². The maximum absolute atomic E-state index is 12.7. The quantitative estimate of drug-likeness (QED) is 0.573. The van der Waals surface area contributed by atoms with Crippen LogP contribution in [0.1, 0.15) is 56.6 Å². The van der Waals surface area contributed by atoms with Crippen LogP contribution in [0.2, 0.25) is 0 Å². The number of ether oxygens (including phenoxy) is 1. The first-order valence-corrected chi connectivity index (χ1v) is 12.0. The number of benzene rings is 2. The van der Waals surface area contributed by atoms with Gasteiger partial charge in [0, 0.05) is 31.5 Å². The fourth-order valence-corrected chi connectivity index (χ4v) is 5.09. The van der Waals surface area contributed by atoms with Crippen molar-refractivity contribution >= 4 is 18.0 Å². The Hall–Kier alpha value is -3.35. The number of hydrogen-bond donors (Lipinski definition) is 2. The van der Waals surface area contributed by atoms with E-state index in [0.717, 1.165) is 17.5 Å². The zero-order valence-electron chi connectivity index (χ0n) is 19.8. The topological polar surface area (TPSA) is 95.9 Å². The lowest BCUT2D eigenvalue weighted by molar-refractivity contribution is -0.166. The van der Waals surface area contributed by atoms with E-state index in [0.29, 0.717) is 12.8 Å². The van der Waals surface area contributed by atoms with E-state index in [9.17, 15) is 19.5 Å². The van der Waals surface area contributed by atoms with Crippen LogP contribution in [0.4, 0.5) is 4.79 Å². The average Bonchev–Trinajstić information content (AvgIpc) is 3.11. The van der Waals surface area contributed by atoms with Gasteiger partial charge >= 0.3 is 12.1 Å². The van der Waals surface area contributed by atoms with Gasteiger partial charge in [0.15, 0.2) is 0 Å². The Morgan fingerprint density at radius 3 is 2.18 bits per heavy atom. The molecule has 0 radical (unpaired) electrons. The summed E-state index contributed by atoms with van der Waals surface area (Å²) in [4.78, 5) is 38.4. The average molecular weight is 465 g/mol. The molecule has 2 N–H and O–H groups in total. The Morgan fingerprint density at radius 1 is 1.06 bits per heavy atom. The molecule has 2 amide bonds. The molecular weight excluding hydrogens is 432 g/mol. The van der Waals surface area contributed by atoms with Gasteiger partial charge < -0.3 is 20.1 Å². The van der Waals surface area contributed by atoms with Gasteiger partial charge in [0.05, 0.1) is 0 Å². The van der Waals surface area contributed by atoms with Crippen molar-refractivity contribution in [1.29, 1.82) is 0 Å². The van der Waals surface area contributed by atoms with E-state index in [2.05, 4.69) is 29.6 Å². The molecule has 0 aromatic heterocycles. The number of likely N-dealkylation sites (tertiary alicyclic amines) is 1. The molecule has 180 valence electrons. The number of hydrogen-bond acceptors (Lipinski definition) is 4. The zero-order valence-corrected chi connectivity index (χ0v) is 19.8. The summed E-state index contributed by atoms with van der Waals surface area (Å²) in [5.74, 6) is -1.02. The third-order valence-electron chi connectivity index (χ3n) is 7.19. The van der Waals surface area contributed by atoms with Crippen molar-refractivity contribution < 1.29 is 24.2 Å². The number of fused-ring (bicyclic) bond motifs is 3. The van der Waals surface area contributed by atoms with Gasteiger partial charge in [-0.05, 0) is 35.1 Å². The number of nitrogens with zero attached hydrogens (tertiary/aromatic N) is 1. The molecule has 0 unspecified atom stereocenters. The largest absolute Gasteiger partial charge is 0.481 e. The second kappa shape index (κ2) is 9.87. The van der Waals surface area contributed by atoms with E-state index in [1.807, 2.05) is 38.1 Å². The Morgan fingerprint density at radius 2 is 1.65 bits per heavy atom. The molecule has 0 spiro atoms. The normalized spacial score (nSPS) is 16.7. The van der Waals surface area contributed by atoms with Gasteiger partial charge in [-0.1, -0.05) is 68.8 Å². The van der Waals surface area contributed by atoms with Crippen molar-refractivity contribution in [3.8, 4) is 11.1 Å². The second-order valence-electron chi connectivity index (χ2n) is 9.35. The van der Waals surface area contributed by atoms with Gasteiger partial charge in [0.25, 0.3) is 0 Å². The van der Waals surface area contributed by atoms with E-state index < -0.39 is 17.5 Å². The van der Waals surface area contributed by atoms with E-state index in [-0.39, 0.29) is 44.0 Å². The number of carboxylic acid groups (broad SMARTS) is 1. The first-order chi connectivity index (χ1) is 16.4. The van der Waals surface area contributed by atoms with Crippen LogP contribution in [-0.4, -0.2) is 53.7 Å². The Balaban J connectivity index is 1.33. The lowest BCUT2D eigenvalue weighted by Gasteiger charge is -2.47. The molecule has 1 fully saturated rings. The maximum atomic E-state index is 12.7. The number of aliphatic carboxylic acids is 1. The molecule has 0 bridgehead atoms. The molecule has 7 heteroatoms. The maximum Gasteiger partial charge on any atom is 0.407 e. The summed E-state index contributed by atoms with van der Waals surface area (Å²) in [6.45, 7) is 4.49. The molecule has 7 nitrogen and oxygen atoms in total. The minimum absolute atomic E-state index is 0.0244. The predicted molar refractivity (Wildman–Crippen MR) is 128 cm³/mol. The molecule has 1 aliphatic heterocycles. The number of carbonyl (C=O) groups excluding carboxylic acids is 2. The van der Waals surface area contributed by atoms with Crippen molar-refractivity contribution in [2.24, 2.45) is 5.41 Å². The summed E-state index contributed by atoms with van der Waals surface area (Å²) >= 11 is 0. The molecule has 2 aromatic rings. The van der Waals surface area contributed by atoms with Crippen LogP contribution in [-0.2, 0) is 14.3 Å². The highest BCUT2D eigenvalue weighted by Gasteiger charge is 2.49. The molecule has 2 aromatic carbocycles. The van der Waals surface area contributed by atoms with Gasteiger partial charge in [0.2, 0.25) is 5.91 Å². The van der Waals surface area contributed by atoms with Gasteiger partial charge in [-0.3, -0.25) is 9.59 Å². The Kier molecular flexibility index (Phi) is 6.91. The molecule has 2 aliphatic rings. The van der Waals surface area contributed by atoms with Crippen LogP contribution in [0.25, 0.3) is 11.1 Å². The highest BCUT2D eigenvalue weighted by molar-refractivity contribution is 5.84. The molecule has 0 saturated carbocycles. The molecule has 4 rings (SSSR count). The van der Waals surface area contributed by atoms with Gasteiger partial charge in [-0.2, -0.15) is 0 Å². The summed E-state index contributed by atoms with van der Waals surface area (Å²) in [7, 11) is 0. The Labute approximate surface area is 200 Å². The zero-order chi connectivity index (χ0) is 24.3. The summed E-state index contributed by atoms with van der Waals surface area (Å²) in [6, 6.07) is 16.0. The van der Waals surface area contributed by atoms with E-state index in [1.54, 1.807) is 4.90 Å². The number of nitrogens with one attached hydrogen (secondary N) is 1. The smallest absolute Gasteiger partial charge is 0.407 e. The number of alkyl carbamates (subject to hydrolysis) is 1.